The average Bonchev–Trinajstić information content (AvgIpc) is 2.69. The van der Waals surface area contributed by atoms with Gasteiger partial charge in [-0.05, 0) is 35.4 Å². The van der Waals surface area contributed by atoms with Crippen LogP contribution in [0, 0.1) is 0 Å². The second-order valence-corrected chi connectivity index (χ2v) is 6.83. The molecule has 0 atom stereocenters. The molecule has 2 aromatic rings. The summed E-state index contributed by atoms with van der Waals surface area (Å²) in [6, 6.07) is 14.9. The Morgan fingerprint density at radius 1 is 0.607 bits per heavy atom. The van der Waals surface area contributed by atoms with E-state index in [1.165, 1.54) is 0 Å². The monoisotopic (exact) mass is 382 g/mol. The topological polar surface area (TPSA) is 87.4 Å². The highest BCUT2D eigenvalue weighted by Gasteiger charge is 2.31. The third-order valence-corrected chi connectivity index (χ3v) is 5.01. The highest BCUT2D eigenvalue weighted by Crippen LogP contribution is 2.44. The minimum atomic E-state index is 0.0745. The zero-order chi connectivity index (χ0) is 20.3. The van der Waals surface area contributed by atoms with Gasteiger partial charge < -0.3 is 30.2 Å². The van der Waals surface area contributed by atoms with Gasteiger partial charge in [-0.1, -0.05) is 24.3 Å². The van der Waals surface area contributed by atoms with Crippen LogP contribution in [0.3, 0.4) is 0 Å². The van der Waals surface area contributed by atoms with Gasteiger partial charge in [-0.15, -0.1) is 0 Å². The zero-order valence-electron chi connectivity index (χ0n) is 16.1. The lowest BCUT2D eigenvalue weighted by Gasteiger charge is -2.25. The van der Waals surface area contributed by atoms with Gasteiger partial charge in [0.2, 0.25) is 0 Å². The summed E-state index contributed by atoms with van der Waals surface area (Å²) >= 11 is 0. The number of likely N-dealkylation sites (N-methyl/N-ethyl adjacent to an activating group) is 2. The smallest absolute Gasteiger partial charge is 0.138 e. The molecule has 1 aliphatic rings. The number of aliphatic hydroxyl groups excluding tert-OH is 4. The Kier molecular flexibility index (Phi) is 5.92. The minimum absolute atomic E-state index is 0.0745. The quantitative estimate of drug-likeness (QED) is 0.562. The molecule has 0 bridgehead atoms. The van der Waals surface area contributed by atoms with Gasteiger partial charge in [0.25, 0.3) is 0 Å². The van der Waals surface area contributed by atoms with Crippen LogP contribution in [0.1, 0.15) is 11.1 Å². The van der Waals surface area contributed by atoms with E-state index in [9.17, 15) is 10.2 Å². The van der Waals surface area contributed by atoms with Crippen molar-refractivity contribution < 1.29 is 20.4 Å². The van der Waals surface area contributed by atoms with Gasteiger partial charge in [-0.2, -0.15) is 0 Å². The van der Waals surface area contributed by atoms with E-state index in [0.29, 0.717) is 24.2 Å². The van der Waals surface area contributed by atoms with Crippen LogP contribution in [0.4, 0.5) is 11.4 Å². The Morgan fingerprint density at radius 2 is 0.929 bits per heavy atom. The first-order valence-corrected chi connectivity index (χ1v) is 9.20. The molecule has 1 aliphatic carbocycles. The first kappa shape index (κ1) is 19.8. The predicted molar refractivity (Wildman–Crippen MR) is 113 cm³/mol. The highest BCUT2D eigenvalue weighted by molar-refractivity contribution is 6.06. The molecule has 2 aromatic carbocycles. The van der Waals surface area contributed by atoms with Crippen molar-refractivity contribution in [1.29, 1.82) is 0 Å². The molecule has 6 nitrogen and oxygen atoms in total. The normalized spacial score (nSPS) is 13.6. The second-order valence-electron chi connectivity index (χ2n) is 6.83. The van der Waals surface area contributed by atoms with E-state index in [1.54, 1.807) is 0 Å². The number of allylic oxidation sites excluding steroid dienone is 2. The second kappa shape index (κ2) is 8.37. The molecule has 0 fully saturated rings. The molecule has 0 radical (unpaired) electrons. The maximum atomic E-state index is 10.5. The number of rotatable bonds is 8. The Labute approximate surface area is 164 Å². The number of hydrogen-bond donors (Lipinski definition) is 4. The molecular formula is C22H26N2O4. The van der Waals surface area contributed by atoms with Crippen LogP contribution in [0.5, 0.6) is 0 Å². The van der Waals surface area contributed by atoms with Gasteiger partial charge in [0.1, 0.15) is 11.5 Å². The van der Waals surface area contributed by atoms with Gasteiger partial charge >= 0.3 is 0 Å². The lowest BCUT2D eigenvalue weighted by molar-refractivity contribution is 0.304. The van der Waals surface area contributed by atoms with E-state index in [2.05, 4.69) is 0 Å². The molecule has 3 rings (SSSR count). The third kappa shape index (κ3) is 3.69. The molecule has 4 N–H and O–H groups in total. The molecule has 0 saturated carbocycles. The van der Waals surface area contributed by atoms with Gasteiger partial charge in [0.15, 0.2) is 0 Å². The SMILES string of the molecule is CN(CCO)c1ccc(C2=C(O)C(c3ccc(N(C)CCO)cc3)=C2O)cc1. The Morgan fingerprint density at radius 3 is 1.21 bits per heavy atom. The van der Waals surface area contributed by atoms with Crippen molar-refractivity contribution in [1.82, 2.24) is 0 Å². The van der Waals surface area contributed by atoms with E-state index in [0.717, 1.165) is 22.5 Å². The molecule has 0 spiro atoms. The Balaban J connectivity index is 1.78. The van der Waals surface area contributed by atoms with Crippen LogP contribution in [0.15, 0.2) is 60.0 Å². The van der Waals surface area contributed by atoms with E-state index < -0.39 is 0 Å². The molecule has 0 aromatic heterocycles. The Bertz CT molecular complexity index is 799. The average molecular weight is 382 g/mol. The van der Waals surface area contributed by atoms with Gasteiger partial charge in [0.05, 0.1) is 24.4 Å². The fraction of sp³-hybridized carbons (Fsp3) is 0.273. The number of nitrogens with zero attached hydrogens (tertiary/aromatic N) is 2. The van der Waals surface area contributed by atoms with Crippen molar-refractivity contribution in [3.63, 3.8) is 0 Å². The molecule has 6 heteroatoms. The van der Waals surface area contributed by atoms with Crippen molar-refractivity contribution >= 4 is 22.5 Å². The standard InChI is InChI=1S/C22H26N2O4/c1-23(11-13-25)17-7-3-15(4-8-17)19-21(27)20(22(19)28)16-5-9-18(10-6-16)24(2)12-14-26/h3-10,25-28H,11-14H2,1-2H3. The van der Waals surface area contributed by atoms with Gasteiger partial charge in [-0.3, -0.25) is 0 Å². The van der Waals surface area contributed by atoms with Gasteiger partial charge in [-0.25, -0.2) is 0 Å². The predicted octanol–water partition coefficient (Wildman–Crippen LogP) is 2.80. The number of benzene rings is 2. The minimum Gasteiger partial charge on any atom is -0.506 e. The Hall–Kier alpha value is -2.96. The molecular weight excluding hydrogens is 356 g/mol. The number of aliphatic hydroxyl groups is 4. The third-order valence-electron chi connectivity index (χ3n) is 5.01. The summed E-state index contributed by atoms with van der Waals surface area (Å²) in [5, 5.41) is 39.2. The zero-order valence-corrected chi connectivity index (χ0v) is 16.1. The van der Waals surface area contributed by atoms with E-state index in [1.807, 2.05) is 72.4 Å². The summed E-state index contributed by atoms with van der Waals surface area (Å²) in [5.41, 5.74) is 4.24. The lowest BCUT2D eigenvalue weighted by Crippen LogP contribution is -2.21. The van der Waals surface area contributed by atoms with Crippen LogP contribution in [-0.4, -0.2) is 60.8 Å². The summed E-state index contributed by atoms with van der Waals surface area (Å²) in [7, 11) is 3.78. The summed E-state index contributed by atoms with van der Waals surface area (Å²) in [6.45, 7) is 1.22. The summed E-state index contributed by atoms with van der Waals surface area (Å²) in [6.07, 6.45) is 0. The fourth-order valence-corrected chi connectivity index (χ4v) is 3.28. The molecule has 0 unspecified atom stereocenters. The summed E-state index contributed by atoms with van der Waals surface area (Å²) in [5.74, 6) is 0.149. The molecule has 28 heavy (non-hydrogen) atoms. The van der Waals surface area contributed by atoms with Crippen LogP contribution >= 0.6 is 0 Å². The first-order chi connectivity index (χ1) is 13.5. The molecule has 0 heterocycles. The highest BCUT2D eigenvalue weighted by atomic mass is 16.3. The van der Waals surface area contributed by atoms with E-state index in [4.69, 9.17) is 10.2 Å². The lowest BCUT2D eigenvalue weighted by atomic mass is 9.84. The summed E-state index contributed by atoms with van der Waals surface area (Å²) in [4.78, 5) is 3.85. The van der Waals surface area contributed by atoms with E-state index >= 15 is 0 Å². The van der Waals surface area contributed by atoms with Gasteiger partial charge in [0, 0.05) is 38.6 Å². The largest absolute Gasteiger partial charge is 0.506 e. The fourth-order valence-electron chi connectivity index (χ4n) is 3.28. The molecule has 0 saturated heterocycles. The van der Waals surface area contributed by atoms with Crippen LogP contribution in [0.2, 0.25) is 0 Å². The first-order valence-electron chi connectivity index (χ1n) is 9.20. The maximum Gasteiger partial charge on any atom is 0.138 e. The van der Waals surface area contributed by atoms with Crippen molar-refractivity contribution in [2.24, 2.45) is 0 Å². The van der Waals surface area contributed by atoms with Crippen molar-refractivity contribution in [2.45, 2.75) is 0 Å². The maximum absolute atomic E-state index is 10.5. The molecule has 0 aliphatic heterocycles. The van der Waals surface area contributed by atoms with Crippen molar-refractivity contribution in [3.05, 3.63) is 71.2 Å². The van der Waals surface area contributed by atoms with Crippen molar-refractivity contribution in [3.8, 4) is 0 Å². The number of anilines is 2. The van der Waals surface area contributed by atoms with Crippen LogP contribution in [0.25, 0.3) is 11.1 Å². The van der Waals surface area contributed by atoms with Crippen molar-refractivity contribution in [2.75, 3.05) is 50.2 Å². The van der Waals surface area contributed by atoms with Crippen LogP contribution in [-0.2, 0) is 0 Å². The van der Waals surface area contributed by atoms with E-state index in [-0.39, 0.29) is 24.7 Å². The van der Waals surface area contributed by atoms with Crippen LogP contribution < -0.4 is 9.80 Å². The summed E-state index contributed by atoms with van der Waals surface area (Å²) < 4.78 is 0. The molecule has 148 valence electrons. The number of hydrogen-bond acceptors (Lipinski definition) is 6. The molecule has 0 amide bonds.